The molecule has 0 fully saturated rings. The highest BCUT2D eigenvalue weighted by molar-refractivity contribution is 5.96. The maximum atomic E-state index is 12.0. The number of carbonyl (C=O) groups is 1. The van der Waals surface area contributed by atoms with Crippen LogP contribution in [-0.2, 0) is 6.54 Å². The number of carbonyl (C=O) groups excluding carboxylic acids is 1. The lowest BCUT2D eigenvalue weighted by Crippen LogP contribution is -2.30. The molecule has 1 heterocycles. The average Bonchev–Trinajstić information content (AvgIpc) is 2.45. The minimum atomic E-state index is -0.0289. The van der Waals surface area contributed by atoms with E-state index in [2.05, 4.69) is 15.6 Å². The summed E-state index contributed by atoms with van der Waals surface area (Å²) in [6.45, 7) is 6.52. The van der Waals surface area contributed by atoms with Crippen molar-refractivity contribution >= 4 is 11.6 Å². The van der Waals surface area contributed by atoms with E-state index in [1.54, 1.807) is 6.20 Å². The predicted octanol–water partition coefficient (Wildman–Crippen LogP) is 3.14. The number of nitrogens with one attached hydrogen (secondary N) is 2. The van der Waals surface area contributed by atoms with Crippen molar-refractivity contribution in [3.8, 4) is 0 Å². The number of anilines is 1. The molecule has 1 aromatic carbocycles. The van der Waals surface area contributed by atoms with Gasteiger partial charge in [-0.15, -0.1) is 0 Å². The molecule has 0 unspecified atom stereocenters. The van der Waals surface area contributed by atoms with E-state index in [9.17, 15) is 4.79 Å². The lowest BCUT2D eigenvalue weighted by atomic mass is 10.1. The van der Waals surface area contributed by atoms with Gasteiger partial charge in [0.2, 0.25) is 0 Å². The van der Waals surface area contributed by atoms with Gasteiger partial charge in [-0.3, -0.25) is 9.78 Å². The van der Waals surface area contributed by atoms with Crippen molar-refractivity contribution in [2.45, 2.75) is 33.4 Å². The monoisotopic (exact) mass is 283 g/mol. The first-order chi connectivity index (χ1) is 10.1. The summed E-state index contributed by atoms with van der Waals surface area (Å²) in [5.41, 5.74) is 3.64. The second-order valence-corrected chi connectivity index (χ2v) is 5.33. The van der Waals surface area contributed by atoms with Crippen LogP contribution in [0.1, 0.15) is 35.5 Å². The van der Waals surface area contributed by atoms with Gasteiger partial charge in [0, 0.05) is 23.5 Å². The SMILES string of the molecule is Cc1cc(NCc2ccccn2)ccc1C(=O)NC(C)C. The number of nitrogens with zero attached hydrogens (tertiary/aromatic N) is 1. The van der Waals surface area contributed by atoms with E-state index in [0.717, 1.165) is 16.9 Å². The fourth-order valence-electron chi connectivity index (χ4n) is 2.06. The van der Waals surface area contributed by atoms with E-state index in [0.29, 0.717) is 12.1 Å². The summed E-state index contributed by atoms with van der Waals surface area (Å²) in [6, 6.07) is 11.7. The molecule has 0 atom stereocenters. The molecule has 0 aliphatic heterocycles. The standard InChI is InChI=1S/C17H21N3O/c1-12(2)20-17(21)16-8-7-14(10-13(16)3)19-11-15-6-4-5-9-18-15/h4-10,12,19H,11H2,1-3H3,(H,20,21). The van der Waals surface area contributed by atoms with Crippen LogP contribution in [0.5, 0.6) is 0 Å². The van der Waals surface area contributed by atoms with Crippen molar-refractivity contribution in [1.82, 2.24) is 10.3 Å². The molecule has 1 amide bonds. The van der Waals surface area contributed by atoms with Gasteiger partial charge in [0.1, 0.15) is 0 Å². The van der Waals surface area contributed by atoms with Crippen LogP contribution < -0.4 is 10.6 Å². The number of aryl methyl sites for hydroxylation is 1. The number of rotatable bonds is 5. The summed E-state index contributed by atoms with van der Waals surface area (Å²) in [5.74, 6) is -0.0289. The number of benzene rings is 1. The zero-order chi connectivity index (χ0) is 15.2. The number of aromatic nitrogens is 1. The van der Waals surface area contributed by atoms with Crippen molar-refractivity contribution in [1.29, 1.82) is 0 Å². The van der Waals surface area contributed by atoms with E-state index >= 15 is 0 Å². The van der Waals surface area contributed by atoms with Crippen LogP contribution in [-0.4, -0.2) is 16.9 Å². The van der Waals surface area contributed by atoms with Crippen LogP contribution in [0.25, 0.3) is 0 Å². The smallest absolute Gasteiger partial charge is 0.251 e. The Hall–Kier alpha value is -2.36. The van der Waals surface area contributed by atoms with E-state index in [1.807, 2.05) is 57.2 Å². The van der Waals surface area contributed by atoms with Gasteiger partial charge < -0.3 is 10.6 Å². The lowest BCUT2D eigenvalue weighted by molar-refractivity contribution is 0.0942. The molecule has 1 aromatic heterocycles. The van der Waals surface area contributed by atoms with Gasteiger partial charge in [0.15, 0.2) is 0 Å². The van der Waals surface area contributed by atoms with E-state index in [1.165, 1.54) is 0 Å². The van der Waals surface area contributed by atoms with E-state index in [-0.39, 0.29) is 11.9 Å². The van der Waals surface area contributed by atoms with E-state index < -0.39 is 0 Å². The largest absolute Gasteiger partial charge is 0.379 e. The van der Waals surface area contributed by atoms with Crippen molar-refractivity contribution in [3.05, 3.63) is 59.4 Å². The maximum absolute atomic E-state index is 12.0. The van der Waals surface area contributed by atoms with Crippen LogP contribution in [0.15, 0.2) is 42.6 Å². The summed E-state index contributed by atoms with van der Waals surface area (Å²) in [4.78, 5) is 16.3. The molecule has 2 rings (SSSR count). The molecule has 0 saturated heterocycles. The molecule has 0 spiro atoms. The molecule has 0 aliphatic rings. The third-order valence-electron chi connectivity index (χ3n) is 3.09. The molecule has 2 aromatic rings. The van der Waals surface area contributed by atoms with E-state index in [4.69, 9.17) is 0 Å². The second kappa shape index (κ2) is 6.88. The van der Waals surface area contributed by atoms with Gasteiger partial charge in [0.05, 0.1) is 12.2 Å². The minimum absolute atomic E-state index is 0.0289. The zero-order valence-corrected chi connectivity index (χ0v) is 12.7. The van der Waals surface area contributed by atoms with Crippen molar-refractivity contribution in [2.24, 2.45) is 0 Å². The van der Waals surface area contributed by atoms with Crippen LogP contribution in [0, 0.1) is 6.92 Å². The topological polar surface area (TPSA) is 54.0 Å². The average molecular weight is 283 g/mol. The van der Waals surface area contributed by atoms with Gasteiger partial charge in [-0.05, 0) is 56.7 Å². The molecule has 0 saturated carbocycles. The normalized spacial score (nSPS) is 10.5. The Morgan fingerprint density at radius 2 is 2.05 bits per heavy atom. The maximum Gasteiger partial charge on any atom is 0.251 e. The first-order valence-electron chi connectivity index (χ1n) is 7.11. The third kappa shape index (κ3) is 4.31. The summed E-state index contributed by atoms with van der Waals surface area (Å²) < 4.78 is 0. The van der Waals surface area contributed by atoms with Gasteiger partial charge in [-0.2, -0.15) is 0 Å². The highest BCUT2D eigenvalue weighted by atomic mass is 16.1. The first-order valence-corrected chi connectivity index (χ1v) is 7.11. The van der Waals surface area contributed by atoms with Crippen LogP contribution >= 0.6 is 0 Å². The highest BCUT2D eigenvalue weighted by Crippen LogP contribution is 2.16. The fraction of sp³-hybridized carbons (Fsp3) is 0.294. The molecule has 21 heavy (non-hydrogen) atoms. The zero-order valence-electron chi connectivity index (χ0n) is 12.7. The Balaban J connectivity index is 2.03. The molecule has 0 radical (unpaired) electrons. The number of hydrogen-bond acceptors (Lipinski definition) is 3. The van der Waals surface area contributed by atoms with Gasteiger partial charge >= 0.3 is 0 Å². The molecule has 2 N–H and O–H groups in total. The Morgan fingerprint density at radius 1 is 1.24 bits per heavy atom. The quantitative estimate of drug-likeness (QED) is 0.886. The third-order valence-corrected chi connectivity index (χ3v) is 3.09. The Morgan fingerprint density at radius 3 is 2.67 bits per heavy atom. The number of amides is 1. The van der Waals surface area contributed by atoms with Crippen LogP contribution in [0.2, 0.25) is 0 Å². The molecule has 0 bridgehead atoms. The molecule has 110 valence electrons. The van der Waals surface area contributed by atoms with Gasteiger partial charge in [-0.1, -0.05) is 6.07 Å². The lowest BCUT2D eigenvalue weighted by Gasteiger charge is -2.12. The first kappa shape index (κ1) is 15.0. The van der Waals surface area contributed by atoms with Crippen molar-refractivity contribution in [3.63, 3.8) is 0 Å². The molecule has 4 nitrogen and oxygen atoms in total. The van der Waals surface area contributed by atoms with Crippen LogP contribution in [0.3, 0.4) is 0 Å². The summed E-state index contributed by atoms with van der Waals surface area (Å²) >= 11 is 0. The molecule has 4 heteroatoms. The molecular weight excluding hydrogens is 262 g/mol. The highest BCUT2D eigenvalue weighted by Gasteiger charge is 2.10. The van der Waals surface area contributed by atoms with Gasteiger partial charge in [-0.25, -0.2) is 0 Å². The van der Waals surface area contributed by atoms with Crippen molar-refractivity contribution in [2.75, 3.05) is 5.32 Å². The van der Waals surface area contributed by atoms with Crippen molar-refractivity contribution < 1.29 is 4.79 Å². The predicted molar refractivity (Wildman–Crippen MR) is 85.3 cm³/mol. The number of pyridine rings is 1. The molecular formula is C17H21N3O. The number of hydrogen-bond donors (Lipinski definition) is 2. The Labute approximate surface area is 125 Å². The summed E-state index contributed by atoms with van der Waals surface area (Å²) in [6.07, 6.45) is 1.78. The summed E-state index contributed by atoms with van der Waals surface area (Å²) in [5, 5.41) is 6.22. The van der Waals surface area contributed by atoms with Gasteiger partial charge in [0.25, 0.3) is 5.91 Å². The second-order valence-electron chi connectivity index (χ2n) is 5.33. The Kier molecular flexibility index (Phi) is 4.93. The fourth-order valence-corrected chi connectivity index (χ4v) is 2.06. The summed E-state index contributed by atoms with van der Waals surface area (Å²) in [7, 11) is 0. The van der Waals surface area contributed by atoms with Crippen LogP contribution in [0.4, 0.5) is 5.69 Å². The minimum Gasteiger partial charge on any atom is -0.379 e. The Bertz CT molecular complexity index is 609. The molecule has 0 aliphatic carbocycles.